The van der Waals surface area contributed by atoms with Crippen molar-refractivity contribution < 1.29 is 32.3 Å². The van der Waals surface area contributed by atoms with Crippen molar-refractivity contribution in [2.24, 2.45) is 5.16 Å². The van der Waals surface area contributed by atoms with Gasteiger partial charge in [-0.2, -0.15) is 9.97 Å². The minimum atomic E-state index is -4.35. The van der Waals surface area contributed by atoms with E-state index in [0.29, 0.717) is 0 Å². The van der Waals surface area contributed by atoms with Gasteiger partial charge in [0.15, 0.2) is 6.61 Å². The van der Waals surface area contributed by atoms with Crippen LogP contribution in [0.3, 0.4) is 0 Å². The fourth-order valence-corrected chi connectivity index (χ4v) is 3.23. The third-order valence-corrected chi connectivity index (χ3v) is 4.77. The number of hydrogen-bond donors (Lipinski definition) is 2. The number of pyridine rings is 1. The molecule has 0 radical (unpaired) electrons. The Balaban J connectivity index is 1.82. The number of sulfonamides is 1. The van der Waals surface area contributed by atoms with E-state index in [0.717, 1.165) is 6.20 Å². The van der Waals surface area contributed by atoms with Gasteiger partial charge in [-0.3, -0.25) is 10.3 Å². The molecule has 0 saturated heterocycles. The predicted molar refractivity (Wildman–Crippen MR) is 97.2 cm³/mol. The van der Waals surface area contributed by atoms with Crippen LogP contribution in [0.25, 0.3) is 0 Å². The molecule has 0 bridgehead atoms. The van der Waals surface area contributed by atoms with Gasteiger partial charge in [0.2, 0.25) is 17.7 Å². The van der Waals surface area contributed by atoms with Crippen LogP contribution < -0.4 is 19.5 Å². The maximum Gasteiger partial charge on any atom is 0.335 e. The van der Waals surface area contributed by atoms with Crippen molar-refractivity contribution >= 4 is 27.9 Å². The zero-order valence-electron chi connectivity index (χ0n) is 15.3. The van der Waals surface area contributed by atoms with E-state index in [1.165, 1.54) is 32.5 Å². The Hall–Kier alpha value is -3.68. The first-order valence-corrected chi connectivity index (χ1v) is 9.49. The molecule has 0 spiro atoms. The van der Waals surface area contributed by atoms with Gasteiger partial charge in [-0.25, -0.2) is 17.9 Å². The molecular weight excluding hydrogens is 408 g/mol. The first-order valence-electron chi connectivity index (χ1n) is 8.01. The van der Waals surface area contributed by atoms with Gasteiger partial charge in [0.05, 0.1) is 25.8 Å². The highest BCUT2D eigenvalue weighted by Crippen LogP contribution is 2.19. The number of nitrogens with zero attached hydrogens (tertiary/aromatic N) is 4. The number of rotatable bonds is 6. The molecule has 0 fully saturated rings. The Kier molecular flexibility index (Phi) is 5.92. The Bertz CT molecular complexity index is 1020. The largest absolute Gasteiger partial charge is 0.481 e. The number of anilines is 1. The number of urea groups is 1. The van der Waals surface area contributed by atoms with Crippen LogP contribution >= 0.6 is 0 Å². The minimum Gasteiger partial charge on any atom is -0.481 e. The van der Waals surface area contributed by atoms with E-state index in [1.54, 1.807) is 0 Å². The second kappa shape index (κ2) is 8.55. The molecule has 154 valence electrons. The van der Waals surface area contributed by atoms with Gasteiger partial charge in [0, 0.05) is 12.4 Å². The van der Waals surface area contributed by atoms with Crippen molar-refractivity contribution in [2.45, 2.75) is 4.90 Å². The molecule has 1 aliphatic rings. The molecule has 0 aliphatic carbocycles. The second-order valence-electron chi connectivity index (χ2n) is 5.29. The number of methoxy groups -OCH3 is 2. The summed E-state index contributed by atoms with van der Waals surface area (Å²) < 4.78 is 42.5. The molecule has 1 aliphatic heterocycles. The molecule has 2 aromatic heterocycles. The van der Waals surface area contributed by atoms with E-state index in [9.17, 15) is 13.2 Å². The third kappa shape index (κ3) is 4.78. The predicted octanol–water partition coefficient (Wildman–Crippen LogP) is 0.108. The maximum absolute atomic E-state index is 12.7. The quantitative estimate of drug-likeness (QED) is 0.650. The lowest BCUT2D eigenvalue weighted by molar-refractivity contribution is 0.0653. The van der Waals surface area contributed by atoms with Gasteiger partial charge in [-0.05, 0) is 11.2 Å². The number of hydrogen-bond acceptors (Lipinski definition) is 11. The van der Waals surface area contributed by atoms with Crippen molar-refractivity contribution in [3.8, 4) is 11.8 Å². The lowest BCUT2D eigenvalue weighted by atomic mass is 10.2. The molecule has 0 aromatic carbocycles. The van der Waals surface area contributed by atoms with Gasteiger partial charge in [0.1, 0.15) is 11.5 Å². The Morgan fingerprint density at radius 3 is 2.52 bits per heavy atom. The molecule has 14 heteroatoms. The molecule has 29 heavy (non-hydrogen) atoms. The van der Waals surface area contributed by atoms with Crippen molar-refractivity contribution in [3.05, 3.63) is 30.1 Å². The summed E-state index contributed by atoms with van der Waals surface area (Å²) in [5.41, 5.74) is 0.0827. The van der Waals surface area contributed by atoms with Crippen LogP contribution in [-0.2, 0) is 19.6 Å². The molecule has 2 amide bonds. The van der Waals surface area contributed by atoms with E-state index in [-0.39, 0.29) is 47.3 Å². The number of ether oxygens (including phenoxy) is 3. The van der Waals surface area contributed by atoms with Crippen LogP contribution in [0.15, 0.2) is 34.6 Å². The summed E-state index contributed by atoms with van der Waals surface area (Å²) in [7, 11) is -1.63. The van der Waals surface area contributed by atoms with Crippen LogP contribution in [0.4, 0.5) is 10.7 Å². The number of nitrogens with one attached hydrogen (secondary N) is 2. The lowest BCUT2D eigenvalue weighted by Gasteiger charge is -2.16. The molecule has 2 N–H and O–H groups in total. The smallest absolute Gasteiger partial charge is 0.335 e. The summed E-state index contributed by atoms with van der Waals surface area (Å²) in [6.07, 6.45) is 2.40. The zero-order valence-corrected chi connectivity index (χ0v) is 16.1. The molecule has 13 nitrogen and oxygen atoms in total. The van der Waals surface area contributed by atoms with Gasteiger partial charge >= 0.3 is 6.03 Å². The topological polar surface area (TPSA) is 163 Å². The zero-order chi connectivity index (χ0) is 20.9. The lowest BCUT2D eigenvalue weighted by Crippen LogP contribution is -2.36. The average molecular weight is 424 g/mol. The highest BCUT2D eigenvalue weighted by Gasteiger charge is 2.26. The van der Waals surface area contributed by atoms with Crippen LogP contribution in [-0.4, -0.2) is 62.7 Å². The van der Waals surface area contributed by atoms with Crippen LogP contribution in [0.2, 0.25) is 0 Å². The third-order valence-electron chi connectivity index (χ3n) is 3.42. The Morgan fingerprint density at radius 2 is 1.90 bits per heavy atom. The highest BCUT2D eigenvalue weighted by molar-refractivity contribution is 7.90. The van der Waals surface area contributed by atoms with Crippen molar-refractivity contribution in [3.63, 3.8) is 0 Å². The van der Waals surface area contributed by atoms with Crippen molar-refractivity contribution in [1.29, 1.82) is 0 Å². The summed E-state index contributed by atoms with van der Waals surface area (Å²) in [4.78, 5) is 28.4. The standard InChI is InChI=1S/C15H16N6O7S/c1-25-11-7-12(26-2)18-14(17-11)19-15(22)21-29(23,24)10-8-16-4-3-9(10)13-20-28-6-5-27-13/h3-4,7-8H,5-6H2,1-2H3,(H2,17,18,19,21,22). The van der Waals surface area contributed by atoms with Crippen LogP contribution in [0, 0.1) is 0 Å². The van der Waals surface area contributed by atoms with Gasteiger partial charge < -0.3 is 19.0 Å². The molecule has 0 unspecified atom stereocenters. The summed E-state index contributed by atoms with van der Waals surface area (Å²) in [6.45, 7) is 0.435. The fraction of sp³-hybridized carbons (Fsp3) is 0.267. The number of carbonyl (C=O) groups is 1. The number of carbonyl (C=O) groups excluding carboxylic acids is 1. The first kappa shape index (κ1) is 20.1. The Morgan fingerprint density at radius 1 is 1.17 bits per heavy atom. The van der Waals surface area contributed by atoms with Crippen LogP contribution in [0.5, 0.6) is 11.8 Å². The van der Waals surface area contributed by atoms with Gasteiger partial charge in [0.25, 0.3) is 15.9 Å². The second-order valence-corrected chi connectivity index (χ2v) is 6.94. The first-order chi connectivity index (χ1) is 13.9. The molecule has 2 aromatic rings. The molecule has 3 rings (SSSR count). The van der Waals surface area contributed by atoms with Gasteiger partial charge in [-0.1, -0.05) is 0 Å². The molecule has 0 atom stereocenters. The van der Waals surface area contributed by atoms with Crippen molar-refractivity contribution in [1.82, 2.24) is 19.7 Å². The van der Waals surface area contributed by atoms with Gasteiger partial charge in [-0.15, -0.1) is 0 Å². The SMILES string of the molecule is COc1cc(OC)nc(NC(=O)NS(=O)(=O)c2cnccc2C2=NOCCO2)n1. The summed E-state index contributed by atoms with van der Waals surface area (Å²) in [6, 6.07) is 1.64. The molecule has 3 heterocycles. The number of amides is 2. The average Bonchev–Trinajstić information content (AvgIpc) is 2.73. The number of oxime groups is 1. The van der Waals surface area contributed by atoms with Crippen molar-refractivity contribution in [2.75, 3.05) is 32.8 Å². The van der Waals surface area contributed by atoms with E-state index in [2.05, 4.69) is 25.4 Å². The van der Waals surface area contributed by atoms with E-state index < -0.39 is 16.1 Å². The normalized spacial score (nSPS) is 13.4. The maximum atomic E-state index is 12.7. The fourth-order valence-electron chi connectivity index (χ4n) is 2.18. The monoisotopic (exact) mass is 424 g/mol. The van der Waals surface area contributed by atoms with E-state index >= 15 is 0 Å². The summed E-state index contributed by atoms with van der Waals surface area (Å²) in [5.74, 6) is -0.0528. The Labute approximate surface area is 165 Å². The molecular formula is C15H16N6O7S. The van der Waals surface area contributed by atoms with E-state index in [4.69, 9.17) is 19.0 Å². The van der Waals surface area contributed by atoms with Crippen LogP contribution in [0.1, 0.15) is 5.56 Å². The highest BCUT2D eigenvalue weighted by atomic mass is 32.2. The summed E-state index contributed by atoms with van der Waals surface area (Å²) >= 11 is 0. The minimum absolute atomic E-state index is 0.0414. The van der Waals surface area contributed by atoms with E-state index in [1.807, 2.05) is 4.72 Å². The number of aromatic nitrogens is 3. The summed E-state index contributed by atoms with van der Waals surface area (Å²) in [5, 5.41) is 5.88. The molecule has 0 saturated carbocycles.